The van der Waals surface area contributed by atoms with Gasteiger partial charge in [0.1, 0.15) is 5.54 Å². The Kier molecular flexibility index (Phi) is 4.54. The Labute approximate surface area is 130 Å². The second-order valence-electron chi connectivity index (χ2n) is 5.70. The standard InChI is InChI=1S/C15H19N3O2.ClH/c16-12-6-9-18(10-12)14(20)15(7-8-15)17-13(19)11-4-2-1-3-5-11;/h1-5,12H,6-10,16H2,(H,17,19);1H. The average Bonchev–Trinajstić information content (AvgIpc) is 3.12. The molecule has 3 rings (SSSR count). The van der Waals surface area contributed by atoms with Crippen molar-refractivity contribution in [3.63, 3.8) is 0 Å². The molecule has 2 aliphatic rings. The molecule has 6 heteroatoms. The van der Waals surface area contributed by atoms with E-state index in [-0.39, 0.29) is 30.3 Å². The van der Waals surface area contributed by atoms with Crippen LogP contribution in [0.4, 0.5) is 0 Å². The Morgan fingerprint density at radius 1 is 1.24 bits per heavy atom. The van der Waals surface area contributed by atoms with Gasteiger partial charge in [-0.1, -0.05) is 18.2 Å². The zero-order valence-electron chi connectivity index (χ0n) is 11.7. The number of carbonyl (C=O) groups is 2. The molecule has 1 aromatic rings. The third kappa shape index (κ3) is 3.19. The van der Waals surface area contributed by atoms with Crippen LogP contribution in [-0.2, 0) is 4.79 Å². The first-order valence-electron chi connectivity index (χ1n) is 7.03. The van der Waals surface area contributed by atoms with E-state index in [9.17, 15) is 9.59 Å². The Morgan fingerprint density at radius 2 is 1.90 bits per heavy atom. The first kappa shape index (κ1) is 15.8. The smallest absolute Gasteiger partial charge is 0.252 e. The first-order chi connectivity index (χ1) is 9.61. The molecule has 114 valence electrons. The number of hydrogen-bond donors (Lipinski definition) is 2. The Hall–Kier alpha value is -1.59. The zero-order valence-corrected chi connectivity index (χ0v) is 12.6. The second-order valence-corrected chi connectivity index (χ2v) is 5.70. The number of hydrogen-bond acceptors (Lipinski definition) is 3. The molecule has 3 N–H and O–H groups in total. The molecule has 5 nitrogen and oxygen atoms in total. The van der Waals surface area contributed by atoms with Crippen LogP contribution in [0.1, 0.15) is 29.6 Å². The van der Waals surface area contributed by atoms with Gasteiger partial charge in [0, 0.05) is 24.7 Å². The molecule has 1 aliphatic heterocycles. The van der Waals surface area contributed by atoms with Crippen LogP contribution in [0.5, 0.6) is 0 Å². The first-order valence-corrected chi connectivity index (χ1v) is 7.03. The highest BCUT2D eigenvalue weighted by Gasteiger charge is 2.53. The third-order valence-corrected chi connectivity index (χ3v) is 4.06. The maximum atomic E-state index is 12.5. The lowest BCUT2D eigenvalue weighted by molar-refractivity contribution is -0.133. The van der Waals surface area contributed by atoms with Crippen molar-refractivity contribution in [1.82, 2.24) is 10.2 Å². The molecule has 2 amide bonds. The minimum Gasteiger partial charge on any atom is -0.339 e. The van der Waals surface area contributed by atoms with E-state index < -0.39 is 5.54 Å². The number of nitrogens with one attached hydrogen (secondary N) is 1. The minimum absolute atomic E-state index is 0. The number of likely N-dealkylation sites (tertiary alicyclic amines) is 1. The van der Waals surface area contributed by atoms with E-state index in [1.54, 1.807) is 17.0 Å². The highest BCUT2D eigenvalue weighted by atomic mass is 35.5. The molecule has 0 spiro atoms. The topological polar surface area (TPSA) is 75.4 Å². The molecule has 0 aromatic heterocycles. The molecule has 1 saturated heterocycles. The quantitative estimate of drug-likeness (QED) is 0.872. The monoisotopic (exact) mass is 309 g/mol. The molecule has 0 bridgehead atoms. The summed E-state index contributed by atoms with van der Waals surface area (Å²) in [7, 11) is 0. The molecule has 2 fully saturated rings. The van der Waals surface area contributed by atoms with Gasteiger partial charge >= 0.3 is 0 Å². The number of amides is 2. The number of nitrogens with zero attached hydrogens (tertiary/aromatic N) is 1. The summed E-state index contributed by atoms with van der Waals surface area (Å²) in [4.78, 5) is 26.5. The van der Waals surface area contributed by atoms with Crippen molar-refractivity contribution >= 4 is 24.2 Å². The van der Waals surface area contributed by atoms with Gasteiger partial charge in [-0.15, -0.1) is 12.4 Å². The van der Waals surface area contributed by atoms with E-state index in [1.807, 2.05) is 18.2 Å². The summed E-state index contributed by atoms with van der Waals surface area (Å²) >= 11 is 0. The molecule has 1 aromatic carbocycles. The van der Waals surface area contributed by atoms with Crippen molar-refractivity contribution in [2.75, 3.05) is 13.1 Å². The molecule has 1 atom stereocenters. The van der Waals surface area contributed by atoms with Crippen LogP contribution in [0.25, 0.3) is 0 Å². The van der Waals surface area contributed by atoms with Crippen LogP contribution in [-0.4, -0.2) is 41.4 Å². The van der Waals surface area contributed by atoms with Crippen LogP contribution in [0.3, 0.4) is 0 Å². The fourth-order valence-corrected chi connectivity index (χ4v) is 2.67. The minimum atomic E-state index is -0.684. The summed E-state index contributed by atoms with van der Waals surface area (Å²) in [6.45, 7) is 1.30. The lowest BCUT2D eigenvalue weighted by atomic mass is 10.1. The summed E-state index contributed by atoms with van der Waals surface area (Å²) in [5, 5.41) is 2.90. The fourth-order valence-electron chi connectivity index (χ4n) is 2.67. The molecule has 21 heavy (non-hydrogen) atoms. The zero-order chi connectivity index (χ0) is 14.2. The average molecular weight is 310 g/mol. The lowest BCUT2D eigenvalue weighted by Crippen LogP contribution is -2.50. The number of nitrogens with two attached hydrogens (primary N) is 1. The second kappa shape index (κ2) is 6.03. The molecular weight excluding hydrogens is 290 g/mol. The van der Waals surface area contributed by atoms with E-state index in [0.29, 0.717) is 18.7 Å². The summed E-state index contributed by atoms with van der Waals surface area (Å²) in [6, 6.07) is 9.06. The predicted molar refractivity (Wildman–Crippen MR) is 82.3 cm³/mol. The normalized spacial score (nSPS) is 22.3. The lowest BCUT2D eigenvalue weighted by Gasteiger charge is -2.24. The number of halogens is 1. The maximum absolute atomic E-state index is 12.5. The Bertz CT molecular complexity index is 531. The van der Waals surface area contributed by atoms with Gasteiger partial charge in [0.2, 0.25) is 5.91 Å². The van der Waals surface area contributed by atoms with Crippen LogP contribution >= 0.6 is 12.4 Å². The van der Waals surface area contributed by atoms with Crippen molar-refractivity contribution in [2.24, 2.45) is 5.73 Å². The van der Waals surface area contributed by atoms with Crippen molar-refractivity contribution < 1.29 is 9.59 Å². The maximum Gasteiger partial charge on any atom is 0.252 e. The predicted octanol–water partition coefficient (Wildman–Crippen LogP) is 0.930. The Morgan fingerprint density at radius 3 is 2.43 bits per heavy atom. The SMILES string of the molecule is Cl.NC1CCN(C(=O)C2(NC(=O)c3ccccc3)CC2)C1. The van der Waals surface area contributed by atoms with Gasteiger partial charge in [0.25, 0.3) is 5.91 Å². The highest BCUT2D eigenvalue weighted by molar-refractivity contribution is 6.00. The summed E-state index contributed by atoms with van der Waals surface area (Å²) in [5.74, 6) is -0.158. The van der Waals surface area contributed by atoms with Gasteiger partial charge < -0.3 is 16.0 Å². The molecule has 1 heterocycles. The summed E-state index contributed by atoms with van der Waals surface area (Å²) in [6.07, 6.45) is 2.28. The van der Waals surface area contributed by atoms with E-state index in [1.165, 1.54) is 0 Å². The highest BCUT2D eigenvalue weighted by Crippen LogP contribution is 2.38. The third-order valence-electron chi connectivity index (χ3n) is 4.06. The number of carbonyl (C=O) groups excluding carboxylic acids is 2. The van der Waals surface area contributed by atoms with E-state index in [2.05, 4.69) is 5.32 Å². The summed E-state index contributed by atoms with van der Waals surface area (Å²) < 4.78 is 0. The van der Waals surface area contributed by atoms with Crippen LogP contribution in [0.2, 0.25) is 0 Å². The van der Waals surface area contributed by atoms with Crippen LogP contribution in [0.15, 0.2) is 30.3 Å². The van der Waals surface area contributed by atoms with Crippen molar-refractivity contribution in [3.8, 4) is 0 Å². The van der Waals surface area contributed by atoms with Crippen molar-refractivity contribution in [3.05, 3.63) is 35.9 Å². The van der Waals surface area contributed by atoms with E-state index in [4.69, 9.17) is 5.73 Å². The molecule has 1 aliphatic carbocycles. The molecule has 1 saturated carbocycles. The van der Waals surface area contributed by atoms with E-state index >= 15 is 0 Å². The number of rotatable bonds is 3. The number of benzene rings is 1. The van der Waals surface area contributed by atoms with E-state index in [0.717, 1.165) is 19.3 Å². The van der Waals surface area contributed by atoms with Gasteiger partial charge in [0.15, 0.2) is 0 Å². The fraction of sp³-hybridized carbons (Fsp3) is 0.467. The van der Waals surface area contributed by atoms with Crippen molar-refractivity contribution in [1.29, 1.82) is 0 Å². The molecule has 1 unspecified atom stereocenters. The van der Waals surface area contributed by atoms with Crippen LogP contribution in [0, 0.1) is 0 Å². The van der Waals surface area contributed by atoms with Gasteiger partial charge in [-0.05, 0) is 31.4 Å². The Balaban J connectivity index is 0.00000161. The van der Waals surface area contributed by atoms with Gasteiger partial charge in [0.05, 0.1) is 0 Å². The summed E-state index contributed by atoms with van der Waals surface area (Å²) in [5.41, 5.74) is 5.74. The molecule has 0 radical (unpaired) electrons. The van der Waals surface area contributed by atoms with Gasteiger partial charge in [-0.2, -0.15) is 0 Å². The van der Waals surface area contributed by atoms with Gasteiger partial charge in [-0.3, -0.25) is 9.59 Å². The molecular formula is C15H20ClN3O2. The largest absolute Gasteiger partial charge is 0.339 e. The van der Waals surface area contributed by atoms with Gasteiger partial charge in [-0.25, -0.2) is 0 Å². The van der Waals surface area contributed by atoms with Crippen LogP contribution < -0.4 is 11.1 Å². The van der Waals surface area contributed by atoms with Crippen molar-refractivity contribution in [2.45, 2.75) is 30.8 Å².